The van der Waals surface area contributed by atoms with Gasteiger partial charge >= 0.3 is 0 Å². The lowest BCUT2D eigenvalue weighted by Gasteiger charge is -2.46. The molecule has 132 heavy (non-hydrogen) atoms. The molecular weight excluding hydrogens is 1590 g/mol. The normalized spacial score (nSPS) is 14.8. The van der Waals surface area contributed by atoms with Gasteiger partial charge in [0.15, 0.2) is 0 Å². The third-order valence-corrected chi connectivity index (χ3v) is 29.7. The molecule has 4 aliphatic carbocycles. The summed E-state index contributed by atoms with van der Waals surface area (Å²) >= 11 is 0. The molecule has 0 saturated carbocycles. The standard InChI is InChI=1S/C128H96BN3/c1-124(2,3)89-67-88(68-90(75-89)125(4,5)6)85-55-62-113-119(74-85)131(116-64-56-82(79-33-13-10-14-34-79)69-102(116)86-53-60-99-97-43-23-30-50-109(97)127(111(99)72-86)105-46-26-19-39-93(105)94-40-20-27-47-106(94)127)121-76-91(126(7,8)9)77-122-123(121)129(113)114-63-59-92(130-115-52-32-25-45-101(115)104-71-84(58-66-118(104)130)81-37-17-12-18-38-81)78-120(114)132(122)117-65-57-83(80-35-15-11-16-36-80)70-103(117)87-54-61-100-98-44-24-31-51-110(98)128(112(100)73-87)107-48-28-21-41-95(107)96-42-22-29-49-108(96)128/h10-78H,1-9H3/i25D,32D,45D,52D,58D,66D,71D. The monoisotopic (exact) mass is 1690 g/mol. The fourth-order valence-electron chi connectivity index (χ4n) is 23.5. The minimum Gasteiger partial charge on any atom is -0.311 e. The predicted molar refractivity (Wildman–Crippen MR) is 556 cm³/mol. The predicted octanol–water partition coefficient (Wildman–Crippen LogP) is 31.4. The fraction of sp³-hybridized carbons (Fsp3) is 0.109. The van der Waals surface area contributed by atoms with Gasteiger partial charge in [0.1, 0.15) is 0 Å². The first-order valence-corrected chi connectivity index (χ1v) is 46.4. The molecule has 0 amide bonds. The van der Waals surface area contributed by atoms with Gasteiger partial charge in [0.2, 0.25) is 0 Å². The molecule has 0 unspecified atom stereocenters. The van der Waals surface area contributed by atoms with Crippen molar-refractivity contribution < 1.29 is 9.60 Å². The molecule has 0 fully saturated rings. The first-order valence-electron chi connectivity index (χ1n) is 49.9. The molecule has 1 aromatic heterocycles. The van der Waals surface area contributed by atoms with Crippen LogP contribution in [0.15, 0.2) is 418 Å². The number of rotatable bonds is 9. The summed E-state index contributed by atoms with van der Waals surface area (Å²) in [5.41, 5.74) is 41.6. The highest BCUT2D eigenvalue weighted by atomic mass is 15.2. The average molecular weight is 1690 g/mol. The fourth-order valence-corrected chi connectivity index (χ4v) is 23.5. The first-order chi connectivity index (χ1) is 67.3. The van der Waals surface area contributed by atoms with E-state index in [0.717, 1.165) is 112 Å². The van der Waals surface area contributed by atoms with Crippen molar-refractivity contribution in [2.75, 3.05) is 9.80 Å². The number of hydrogen-bond acceptors (Lipinski definition) is 2. The smallest absolute Gasteiger partial charge is 0.252 e. The van der Waals surface area contributed by atoms with E-state index in [4.69, 9.17) is 0 Å². The highest BCUT2D eigenvalue weighted by Crippen LogP contribution is 2.66. The van der Waals surface area contributed by atoms with E-state index < -0.39 is 35.0 Å². The molecule has 0 atom stereocenters. The molecular formula is C128H96BN3. The highest BCUT2D eigenvalue weighted by molar-refractivity contribution is 7.00. The molecule has 3 nitrogen and oxygen atoms in total. The van der Waals surface area contributed by atoms with Crippen molar-refractivity contribution in [2.24, 2.45) is 0 Å². The van der Waals surface area contributed by atoms with Crippen LogP contribution in [-0.2, 0) is 27.1 Å². The minimum absolute atomic E-state index is 0.102. The maximum absolute atomic E-state index is 10.5. The van der Waals surface area contributed by atoms with Gasteiger partial charge in [0, 0.05) is 50.3 Å². The Labute approximate surface area is 783 Å². The summed E-state index contributed by atoms with van der Waals surface area (Å²) in [6.45, 7) is 20.4. The Morgan fingerprint density at radius 2 is 0.591 bits per heavy atom. The van der Waals surface area contributed by atoms with E-state index in [0.29, 0.717) is 11.3 Å². The molecule has 2 aliphatic heterocycles. The lowest BCUT2D eigenvalue weighted by Crippen LogP contribution is -2.61. The van der Waals surface area contributed by atoms with Gasteiger partial charge in [-0.2, -0.15) is 0 Å². The van der Waals surface area contributed by atoms with Crippen LogP contribution >= 0.6 is 0 Å². The molecule has 26 rings (SSSR count). The van der Waals surface area contributed by atoms with Gasteiger partial charge in [-0.25, -0.2) is 0 Å². The summed E-state index contributed by atoms with van der Waals surface area (Å²) in [5, 5.41) is 0.271. The van der Waals surface area contributed by atoms with Gasteiger partial charge in [0.05, 0.1) is 42.8 Å². The second-order valence-electron chi connectivity index (χ2n) is 40.0. The summed E-state index contributed by atoms with van der Waals surface area (Å²) in [6, 6.07) is 138. The number of nitrogens with zero attached hydrogens (tertiary/aromatic N) is 3. The highest BCUT2D eigenvalue weighted by Gasteiger charge is 2.55. The summed E-state index contributed by atoms with van der Waals surface area (Å²) in [7, 11) is 0. The molecule has 4 heteroatoms. The molecule has 3 heterocycles. The van der Waals surface area contributed by atoms with Crippen LogP contribution < -0.4 is 26.2 Å². The lowest BCUT2D eigenvalue weighted by atomic mass is 9.33. The van der Waals surface area contributed by atoms with Gasteiger partial charge in [-0.05, 0) is 279 Å². The number of aromatic nitrogens is 1. The van der Waals surface area contributed by atoms with Crippen LogP contribution in [0.4, 0.5) is 34.1 Å². The third kappa shape index (κ3) is 11.3. The van der Waals surface area contributed by atoms with Crippen LogP contribution in [-0.4, -0.2) is 11.3 Å². The molecule has 6 aliphatic rings. The summed E-state index contributed by atoms with van der Waals surface area (Å²) in [5.74, 6) is 0. The van der Waals surface area contributed by atoms with Crippen molar-refractivity contribution in [1.82, 2.24) is 4.57 Å². The van der Waals surface area contributed by atoms with Crippen molar-refractivity contribution in [3.63, 3.8) is 0 Å². The SMILES string of the molecule is [2H]c1c([2H])c([2H])c2c(c1[2H])c1c([2H])c(-c3ccccc3)c([2H])c([2H])c1n2-c1ccc2c(c1)N(c1ccc(-c3ccccc3)cc1-c1ccc3c(c1)C1(c4ccccc4-c4ccccc41)c1ccccc1-3)c1cc(C(C)(C)C)cc3c1B2c1ccc(-c2cc(C(C)(C)C)cc(C(C)(C)C)c2)cc1N3c1ccc(-c2ccccc2)cc1-c1ccc2c(c1)C1(c3ccccc3-c3ccccc31)c1ccccc1-2. The third-order valence-electron chi connectivity index (χ3n) is 29.7. The zero-order valence-corrected chi connectivity index (χ0v) is 75.2. The number of anilines is 6. The van der Waals surface area contributed by atoms with E-state index in [-0.39, 0.29) is 68.4 Å². The molecule has 2 spiro atoms. The van der Waals surface area contributed by atoms with Crippen molar-refractivity contribution in [3.8, 4) is 117 Å². The lowest BCUT2D eigenvalue weighted by molar-refractivity contribution is 0.569. The summed E-state index contributed by atoms with van der Waals surface area (Å²) in [4.78, 5) is 5.14. The number of benzene rings is 19. The largest absolute Gasteiger partial charge is 0.311 e. The van der Waals surface area contributed by atoms with Crippen molar-refractivity contribution in [3.05, 3.63) is 480 Å². The van der Waals surface area contributed by atoms with Crippen LogP contribution in [0.5, 0.6) is 0 Å². The Balaban J connectivity index is 0.799. The Morgan fingerprint density at radius 1 is 0.235 bits per heavy atom. The second kappa shape index (κ2) is 28.6. The maximum atomic E-state index is 10.5. The molecule has 0 radical (unpaired) electrons. The van der Waals surface area contributed by atoms with Crippen molar-refractivity contribution in [2.45, 2.75) is 89.4 Å². The molecule has 19 aromatic carbocycles. The Kier molecular flexibility index (Phi) is 15.3. The van der Waals surface area contributed by atoms with Crippen LogP contribution in [0.1, 0.15) is 133 Å². The van der Waals surface area contributed by atoms with E-state index in [9.17, 15) is 9.60 Å². The van der Waals surface area contributed by atoms with E-state index in [1.807, 2.05) is 30.3 Å². The van der Waals surface area contributed by atoms with E-state index in [1.165, 1.54) is 100 Å². The van der Waals surface area contributed by atoms with Crippen molar-refractivity contribution in [1.29, 1.82) is 0 Å². The Hall–Kier alpha value is -15.4. The molecule has 0 saturated heterocycles. The van der Waals surface area contributed by atoms with E-state index >= 15 is 0 Å². The average Bonchev–Trinajstić information content (AvgIpc) is 1.50. The topological polar surface area (TPSA) is 11.4 Å². The maximum Gasteiger partial charge on any atom is 0.252 e. The quantitative estimate of drug-likeness (QED) is 0.133. The van der Waals surface area contributed by atoms with Gasteiger partial charge in [0.25, 0.3) is 6.71 Å². The zero-order valence-electron chi connectivity index (χ0n) is 82.2. The number of hydrogen-bond donors (Lipinski definition) is 0. The van der Waals surface area contributed by atoms with Crippen LogP contribution in [0.25, 0.3) is 139 Å². The first kappa shape index (κ1) is 70.6. The number of fused-ring (bicyclic) bond motifs is 27. The van der Waals surface area contributed by atoms with Crippen LogP contribution in [0.3, 0.4) is 0 Å². The minimum atomic E-state index is -0.695. The second-order valence-corrected chi connectivity index (χ2v) is 40.0. The van der Waals surface area contributed by atoms with E-state index in [2.05, 4.69) is 418 Å². The molecule has 0 bridgehead atoms. The van der Waals surface area contributed by atoms with Crippen LogP contribution in [0.2, 0.25) is 0 Å². The number of para-hydroxylation sites is 1. The van der Waals surface area contributed by atoms with Crippen molar-refractivity contribution >= 4 is 79.0 Å². The zero-order chi connectivity index (χ0) is 94.7. The van der Waals surface area contributed by atoms with Gasteiger partial charge < -0.3 is 14.4 Å². The van der Waals surface area contributed by atoms with Gasteiger partial charge in [-0.15, -0.1) is 0 Å². The summed E-state index contributed by atoms with van der Waals surface area (Å²) in [6.07, 6.45) is 0. The Morgan fingerprint density at radius 3 is 1.03 bits per heavy atom. The molecule has 626 valence electrons. The Bertz CT molecular complexity index is 8590. The summed E-state index contributed by atoms with van der Waals surface area (Å²) < 4.78 is 72.3. The van der Waals surface area contributed by atoms with Gasteiger partial charge in [-0.1, -0.05) is 396 Å². The molecule has 20 aromatic rings. The molecule has 0 N–H and O–H groups in total. The van der Waals surface area contributed by atoms with Gasteiger partial charge in [-0.3, -0.25) is 0 Å². The van der Waals surface area contributed by atoms with E-state index in [1.54, 1.807) is 4.57 Å². The van der Waals surface area contributed by atoms with Crippen LogP contribution in [0, 0.1) is 0 Å².